The summed E-state index contributed by atoms with van der Waals surface area (Å²) < 4.78 is 0. The van der Waals surface area contributed by atoms with Gasteiger partial charge in [0.1, 0.15) is 0 Å². The quantitative estimate of drug-likeness (QED) is 0.866. The predicted octanol–water partition coefficient (Wildman–Crippen LogP) is 4.25. The van der Waals surface area contributed by atoms with Gasteiger partial charge < -0.3 is 10.6 Å². The fourth-order valence-corrected chi connectivity index (χ4v) is 2.31. The van der Waals surface area contributed by atoms with E-state index in [9.17, 15) is 4.79 Å². The van der Waals surface area contributed by atoms with Crippen LogP contribution < -0.4 is 10.6 Å². The van der Waals surface area contributed by atoms with Crippen molar-refractivity contribution in [2.75, 3.05) is 11.9 Å². The van der Waals surface area contributed by atoms with E-state index >= 15 is 0 Å². The molecule has 22 heavy (non-hydrogen) atoms. The Hall–Kier alpha value is -1.84. The third kappa shape index (κ3) is 4.58. The Morgan fingerprint density at radius 3 is 2.50 bits per heavy atom. The zero-order chi connectivity index (χ0) is 16.1. The molecule has 2 aromatic rings. The molecule has 0 bridgehead atoms. The van der Waals surface area contributed by atoms with Crippen LogP contribution in [0.15, 0.2) is 42.5 Å². The van der Waals surface area contributed by atoms with E-state index in [1.165, 1.54) is 0 Å². The number of aryl methyl sites for hydroxylation is 2. The number of anilines is 1. The van der Waals surface area contributed by atoms with Crippen LogP contribution >= 0.6 is 11.6 Å². The Morgan fingerprint density at radius 1 is 1.14 bits per heavy atom. The van der Waals surface area contributed by atoms with Gasteiger partial charge in [-0.15, -0.1) is 0 Å². The Labute approximate surface area is 136 Å². The third-order valence-corrected chi connectivity index (χ3v) is 3.86. The van der Waals surface area contributed by atoms with Gasteiger partial charge in [0.2, 0.25) is 5.91 Å². The summed E-state index contributed by atoms with van der Waals surface area (Å²) in [6.45, 7) is 6.28. The van der Waals surface area contributed by atoms with Crippen molar-refractivity contribution >= 4 is 23.2 Å². The maximum atomic E-state index is 12.1. The average molecular weight is 317 g/mol. The first-order chi connectivity index (χ1) is 10.5. The average Bonchev–Trinajstić information content (AvgIpc) is 2.49. The van der Waals surface area contributed by atoms with Gasteiger partial charge in [-0.1, -0.05) is 35.9 Å². The molecule has 116 valence electrons. The van der Waals surface area contributed by atoms with E-state index in [2.05, 4.69) is 10.6 Å². The second kappa shape index (κ2) is 7.43. The Balaban J connectivity index is 1.89. The normalized spacial score (nSPS) is 12.0. The second-order valence-corrected chi connectivity index (χ2v) is 5.96. The largest absolute Gasteiger partial charge is 0.325 e. The van der Waals surface area contributed by atoms with Crippen molar-refractivity contribution in [1.82, 2.24) is 5.32 Å². The molecule has 0 aliphatic heterocycles. The van der Waals surface area contributed by atoms with Gasteiger partial charge in [0.15, 0.2) is 0 Å². The number of hydrogen-bond donors (Lipinski definition) is 2. The minimum absolute atomic E-state index is 0.0467. The zero-order valence-corrected chi connectivity index (χ0v) is 13.9. The lowest BCUT2D eigenvalue weighted by molar-refractivity contribution is -0.115. The SMILES string of the molecule is Cc1ccc(C)c(NC(=O)CN[C@@H](C)c2ccc(Cl)cc2)c1. The molecule has 0 aliphatic carbocycles. The first kappa shape index (κ1) is 16.5. The predicted molar refractivity (Wildman–Crippen MR) is 92.4 cm³/mol. The van der Waals surface area contributed by atoms with Crippen LogP contribution in [0, 0.1) is 13.8 Å². The van der Waals surface area contributed by atoms with Crippen LogP contribution in [-0.2, 0) is 4.79 Å². The van der Waals surface area contributed by atoms with Gasteiger partial charge in [-0.05, 0) is 55.7 Å². The minimum atomic E-state index is -0.0467. The summed E-state index contributed by atoms with van der Waals surface area (Å²) in [5, 5.41) is 6.87. The van der Waals surface area contributed by atoms with Gasteiger partial charge >= 0.3 is 0 Å². The van der Waals surface area contributed by atoms with Crippen molar-refractivity contribution in [3.8, 4) is 0 Å². The molecule has 0 aliphatic rings. The maximum Gasteiger partial charge on any atom is 0.238 e. The van der Waals surface area contributed by atoms with Crippen molar-refractivity contribution < 1.29 is 4.79 Å². The molecule has 1 atom stereocenters. The van der Waals surface area contributed by atoms with Crippen molar-refractivity contribution in [2.24, 2.45) is 0 Å². The molecule has 0 fully saturated rings. The molecule has 2 rings (SSSR count). The van der Waals surface area contributed by atoms with E-state index in [-0.39, 0.29) is 18.5 Å². The van der Waals surface area contributed by atoms with E-state index in [1.807, 2.05) is 63.2 Å². The van der Waals surface area contributed by atoms with E-state index in [0.29, 0.717) is 5.02 Å². The topological polar surface area (TPSA) is 41.1 Å². The summed E-state index contributed by atoms with van der Waals surface area (Å²) in [4.78, 5) is 12.1. The molecule has 0 radical (unpaired) electrons. The maximum absolute atomic E-state index is 12.1. The van der Waals surface area contributed by atoms with Crippen LogP contribution in [0.1, 0.15) is 29.7 Å². The molecule has 0 spiro atoms. The molecule has 2 N–H and O–H groups in total. The third-order valence-electron chi connectivity index (χ3n) is 3.61. The molecule has 0 aromatic heterocycles. The molecule has 0 heterocycles. The number of nitrogens with one attached hydrogen (secondary N) is 2. The monoisotopic (exact) mass is 316 g/mol. The molecule has 0 unspecified atom stereocenters. The molecular formula is C18H21ClN2O. The summed E-state index contributed by atoms with van der Waals surface area (Å²) in [5.74, 6) is -0.0467. The lowest BCUT2D eigenvalue weighted by atomic mass is 10.1. The van der Waals surface area contributed by atoms with E-state index in [1.54, 1.807) is 0 Å². The first-order valence-electron chi connectivity index (χ1n) is 7.31. The summed E-state index contributed by atoms with van der Waals surface area (Å²) in [5.41, 5.74) is 4.16. The van der Waals surface area contributed by atoms with Crippen LogP contribution in [0.5, 0.6) is 0 Å². The van der Waals surface area contributed by atoms with Crippen LogP contribution in [0.3, 0.4) is 0 Å². The highest BCUT2D eigenvalue weighted by molar-refractivity contribution is 6.30. The van der Waals surface area contributed by atoms with Gasteiger partial charge in [0, 0.05) is 16.8 Å². The molecule has 2 aromatic carbocycles. The minimum Gasteiger partial charge on any atom is -0.325 e. The number of carbonyl (C=O) groups excluding carboxylic acids is 1. The molecular weight excluding hydrogens is 296 g/mol. The smallest absolute Gasteiger partial charge is 0.238 e. The molecule has 3 nitrogen and oxygen atoms in total. The highest BCUT2D eigenvalue weighted by Crippen LogP contribution is 2.17. The highest BCUT2D eigenvalue weighted by atomic mass is 35.5. The van der Waals surface area contributed by atoms with Crippen LogP contribution in [0.4, 0.5) is 5.69 Å². The van der Waals surface area contributed by atoms with Crippen molar-refractivity contribution in [2.45, 2.75) is 26.8 Å². The van der Waals surface area contributed by atoms with Crippen LogP contribution in [-0.4, -0.2) is 12.5 Å². The number of carbonyl (C=O) groups is 1. The number of amides is 1. The summed E-state index contributed by atoms with van der Waals surface area (Å²) in [7, 11) is 0. The lowest BCUT2D eigenvalue weighted by Crippen LogP contribution is -2.30. The number of rotatable bonds is 5. The van der Waals surface area contributed by atoms with Gasteiger partial charge in [-0.3, -0.25) is 4.79 Å². The van der Waals surface area contributed by atoms with E-state index < -0.39 is 0 Å². The Kier molecular flexibility index (Phi) is 5.58. The van der Waals surface area contributed by atoms with Crippen molar-refractivity contribution in [1.29, 1.82) is 0 Å². The van der Waals surface area contributed by atoms with Gasteiger partial charge in [-0.25, -0.2) is 0 Å². The number of benzene rings is 2. The van der Waals surface area contributed by atoms with Crippen LogP contribution in [0.25, 0.3) is 0 Å². The van der Waals surface area contributed by atoms with Crippen molar-refractivity contribution in [3.05, 3.63) is 64.2 Å². The molecule has 4 heteroatoms. The zero-order valence-electron chi connectivity index (χ0n) is 13.1. The summed E-state index contributed by atoms with van der Waals surface area (Å²) in [6, 6.07) is 13.7. The van der Waals surface area contributed by atoms with Gasteiger partial charge in [0.05, 0.1) is 6.54 Å². The standard InChI is InChI=1S/C18H21ClN2O/c1-12-4-5-13(2)17(10-12)21-18(22)11-20-14(3)15-6-8-16(19)9-7-15/h4-10,14,20H,11H2,1-3H3,(H,21,22)/t14-/m0/s1. The van der Waals surface area contributed by atoms with E-state index in [0.717, 1.165) is 22.4 Å². The molecule has 0 saturated heterocycles. The summed E-state index contributed by atoms with van der Waals surface area (Å²) in [6.07, 6.45) is 0. The molecule has 1 amide bonds. The highest BCUT2D eigenvalue weighted by Gasteiger charge is 2.09. The lowest BCUT2D eigenvalue weighted by Gasteiger charge is -2.15. The Morgan fingerprint density at radius 2 is 1.82 bits per heavy atom. The number of hydrogen-bond acceptors (Lipinski definition) is 2. The molecule has 0 saturated carbocycles. The fraction of sp³-hybridized carbons (Fsp3) is 0.278. The fourth-order valence-electron chi connectivity index (χ4n) is 2.18. The summed E-state index contributed by atoms with van der Waals surface area (Å²) >= 11 is 5.88. The van der Waals surface area contributed by atoms with Gasteiger partial charge in [0.25, 0.3) is 0 Å². The first-order valence-corrected chi connectivity index (χ1v) is 7.69. The van der Waals surface area contributed by atoms with Crippen molar-refractivity contribution in [3.63, 3.8) is 0 Å². The van der Waals surface area contributed by atoms with Gasteiger partial charge in [-0.2, -0.15) is 0 Å². The van der Waals surface area contributed by atoms with Crippen LogP contribution in [0.2, 0.25) is 5.02 Å². The number of halogens is 1. The van der Waals surface area contributed by atoms with E-state index in [4.69, 9.17) is 11.6 Å². The Bertz CT molecular complexity index is 653. The second-order valence-electron chi connectivity index (χ2n) is 5.52.